The molecule has 0 aliphatic rings. The van der Waals surface area contributed by atoms with E-state index in [1.165, 1.54) is 0 Å². The lowest BCUT2D eigenvalue weighted by Gasteiger charge is -2.20. The summed E-state index contributed by atoms with van der Waals surface area (Å²) in [6.07, 6.45) is 0.667. The first-order chi connectivity index (χ1) is 7.95. The van der Waals surface area contributed by atoms with Crippen LogP contribution in [0.25, 0.3) is 0 Å². The van der Waals surface area contributed by atoms with E-state index in [9.17, 15) is 4.79 Å². The van der Waals surface area contributed by atoms with Crippen molar-refractivity contribution in [2.24, 2.45) is 0 Å². The number of rotatable bonds is 5. The smallest absolute Gasteiger partial charge is 0.255 e. The lowest BCUT2D eigenvalue weighted by Crippen LogP contribution is -2.34. The molecule has 0 spiro atoms. The van der Waals surface area contributed by atoms with Gasteiger partial charge in [-0.3, -0.25) is 4.79 Å². The molecule has 3 N–H and O–H groups in total. The van der Waals surface area contributed by atoms with Gasteiger partial charge < -0.3 is 15.4 Å². The third-order valence-corrected chi connectivity index (χ3v) is 2.79. The van der Waals surface area contributed by atoms with E-state index < -0.39 is 0 Å². The number of hydrogen-bond acceptors (Lipinski definition) is 4. The van der Waals surface area contributed by atoms with E-state index in [0.29, 0.717) is 17.8 Å². The molecule has 0 fully saturated rings. The van der Waals surface area contributed by atoms with Crippen molar-refractivity contribution in [2.75, 3.05) is 6.61 Å². The zero-order valence-corrected chi connectivity index (χ0v) is 10.9. The summed E-state index contributed by atoms with van der Waals surface area (Å²) in [6.45, 7) is 7.67. The van der Waals surface area contributed by atoms with Crippen molar-refractivity contribution in [1.82, 2.24) is 15.3 Å². The Bertz CT molecular complexity index is 428. The van der Waals surface area contributed by atoms with Crippen LogP contribution in [0.4, 0.5) is 0 Å². The SMILES string of the molecule is Cc1nc(C)c(C(C)NC(C)CCO)c(=O)[nH]1. The number of aliphatic hydroxyl groups is 1. The molecule has 0 bridgehead atoms. The number of hydrogen-bond donors (Lipinski definition) is 3. The first kappa shape index (κ1) is 13.9. The first-order valence-corrected chi connectivity index (χ1v) is 5.90. The molecule has 1 rings (SSSR count). The molecule has 5 heteroatoms. The van der Waals surface area contributed by atoms with Crippen LogP contribution >= 0.6 is 0 Å². The first-order valence-electron chi connectivity index (χ1n) is 5.90. The minimum Gasteiger partial charge on any atom is -0.396 e. The van der Waals surface area contributed by atoms with Crippen molar-refractivity contribution in [3.05, 3.63) is 27.4 Å². The zero-order chi connectivity index (χ0) is 13.0. The molecule has 5 nitrogen and oxygen atoms in total. The van der Waals surface area contributed by atoms with Gasteiger partial charge in [0.05, 0.1) is 5.56 Å². The largest absolute Gasteiger partial charge is 0.396 e. The summed E-state index contributed by atoms with van der Waals surface area (Å²) in [5, 5.41) is 12.1. The number of aliphatic hydroxyl groups excluding tert-OH is 1. The summed E-state index contributed by atoms with van der Waals surface area (Å²) in [7, 11) is 0. The number of nitrogens with zero attached hydrogens (tertiary/aromatic N) is 1. The summed E-state index contributed by atoms with van der Waals surface area (Å²) in [5.41, 5.74) is 1.33. The summed E-state index contributed by atoms with van der Waals surface area (Å²) in [4.78, 5) is 18.8. The molecule has 17 heavy (non-hydrogen) atoms. The van der Waals surface area contributed by atoms with Crippen LogP contribution in [0.3, 0.4) is 0 Å². The Hall–Kier alpha value is -1.20. The van der Waals surface area contributed by atoms with Gasteiger partial charge in [-0.25, -0.2) is 4.98 Å². The minimum atomic E-state index is -0.0915. The van der Waals surface area contributed by atoms with Gasteiger partial charge in [0.1, 0.15) is 5.82 Å². The summed E-state index contributed by atoms with van der Waals surface area (Å²) >= 11 is 0. The Labute approximate surface area is 101 Å². The number of nitrogens with one attached hydrogen (secondary N) is 2. The van der Waals surface area contributed by atoms with E-state index in [4.69, 9.17) is 5.11 Å². The second-order valence-electron chi connectivity index (χ2n) is 4.45. The molecule has 2 unspecified atom stereocenters. The molecule has 2 atom stereocenters. The maximum Gasteiger partial charge on any atom is 0.255 e. The van der Waals surface area contributed by atoms with E-state index in [1.807, 2.05) is 20.8 Å². The normalized spacial score (nSPS) is 14.6. The standard InChI is InChI=1S/C12H21N3O2/c1-7(5-6-16)13-8(2)11-9(3)14-10(4)15-12(11)17/h7-8,13,16H,5-6H2,1-4H3,(H,14,15,17). The third-order valence-electron chi connectivity index (χ3n) is 2.79. The number of aromatic amines is 1. The Balaban J connectivity index is 2.89. The van der Waals surface area contributed by atoms with Gasteiger partial charge in [-0.1, -0.05) is 0 Å². The predicted molar refractivity (Wildman–Crippen MR) is 67.0 cm³/mol. The van der Waals surface area contributed by atoms with Crippen molar-refractivity contribution in [3.8, 4) is 0 Å². The summed E-state index contributed by atoms with van der Waals surface area (Å²) < 4.78 is 0. The van der Waals surface area contributed by atoms with Crippen LogP contribution in [-0.4, -0.2) is 27.7 Å². The van der Waals surface area contributed by atoms with Crippen molar-refractivity contribution < 1.29 is 5.11 Å². The second-order valence-corrected chi connectivity index (χ2v) is 4.45. The number of aromatic nitrogens is 2. The van der Waals surface area contributed by atoms with Gasteiger partial charge in [0, 0.05) is 24.4 Å². The highest BCUT2D eigenvalue weighted by Crippen LogP contribution is 2.12. The molecule has 0 aromatic carbocycles. The van der Waals surface area contributed by atoms with Crippen LogP contribution < -0.4 is 10.9 Å². The summed E-state index contributed by atoms with van der Waals surface area (Å²) in [6, 6.07) is 0.0866. The fourth-order valence-electron chi connectivity index (χ4n) is 2.03. The monoisotopic (exact) mass is 239 g/mol. The van der Waals surface area contributed by atoms with E-state index in [0.717, 1.165) is 5.69 Å². The highest BCUT2D eigenvalue weighted by Gasteiger charge is 2.16. The fraction of sp³-hybridized carbons (Fsp3) is 0.667. The van der Waals surface area contributed by atoms with Gasteiger partial charge in [0.25, 0.3) is 5.56 Å². The predicted octanol–water partition coefficient (Wildman–Crippen LogP) is 0.808. The van der Waals surface area contributed by atoms with Crippen molar-refractivity contribution in [2.45, 2.75) is 46.2 Å². The third kappa shape index (κ3) is 3.64. The van der Waals surface area contributed by atoms with Crippen molar-refractivity contribution in [3.63, 3.8) is 0 Å². The second kappa shape index (κ2) is 5.93. The van der Waals surface area contributed by atoms with Crippen LogP contribution in [-0.2, 0) is 0 Å². The van der Waals surface area contributed by atoms with Gasteiger partial charge in [0.15, 0.2) is 0 Å². The van der Waals surface area contributed by atoms with Crippen LogP contribution in [0, 0.1) is 13.8 Å². The van der Waals surface area contributed by atoms with Gasteiger partial charge in [0.2, 0.25) is 0 Å². The van der Waals surface area contributed by atoms with Gasteiger partial charge in [-0.2, -0.15) is 0 Å². The van der Waals surface area contributed by atoms with Crippen LogP contribution in [0.5, 0.6) is 0 Å². The number of H-pyrrole nitrogens is 1. The Kier molecular flexibility index (Phi) is 4.84. The van der Waals surface area contributed by atoms with E-state index in [1.54, 1.807) is 6.92 Å². The Morgan fingerprint density at radius 3 is 2.59 bits per heavy atom. The zero-order valence-electron chi connectivity index (χ0n) is 10.9. The lowest BCUT2D eigenvalue weighted by atomic mass is 10.1. The molecule has 1 aromatic rings. The van der Waals surface area contributed by atoms with Crippen molar-refractivity contribution in [1.29, 1.82) is 0 Å². The van der Waals surface area contributed by atoms with E-state index >= 15 is 0 Å². The van der Waals surface area contributed by atoms with Gasteiger partial charge in [-0.15, -0.1) is 0 Å². The molecule has 0 aliphatic carbocycles. The minimum absolute atomic E-state index is 0.0756. The fourth-order valence-corrected chi connectivity index (χ4v) is 2.03. The number of aryl methyl sites for hydroxylation is 2. The van der Waals surface area contributed by atoms with Crippen LogP contribution in [0.1, 0.15) is 43.4 Å². The molecule has 0 saturated heterocycles. The van der Waals surface area contributed by atoms with Crippen LogP contribution in [0.2, 0.25) is 0 Å². The van der Waals surface area contributed by atoms with E-state index in [2.05, 4.69) is 15.3 Å². The summed E-state index contributed by atoms with van der Waals surface area (Å²) in [5.74, 6) is 0.631. The molecule has 0 radical (unpaired) electrons. The highest BCUT2D eigenvalue weighted by atomic mass is 16.3. The Morgan fingerprint density at radius 2 is 2.06 bits per heavy atom. The quantitative estimate of drug-likeness (QED) is 0.710. The molecule has 0 aliphatic heterocycles. The van der Waals surface area contributed by atoms with Crippen molar-refractivity contribution >= 4 is 0 Å². The van der Waals surface area contributed by atoms with Gasteiger partial charge >= 0.3 is 0 Å². The molecule has 0 amide bonds. The average molecular weight is 239 g/mol. The van der Waals surface area contributed by atoms with E-state index in [-0.39, 0.29) is 24.2 Å². The topological polar surface area (TPSA) is 78.0 Å². The maximum absolute atomic E-state index is 11.9. The molecule has 1 aromatic heterocycles. The average Bonchev–Trinajstić information content (AvgIpc) is 2.15. The highest BCUT2D eigenvalue weighted by molar-refractivity contribution is 5.20. The lowest BCUT2D eigenvalue weighted by molar-refractivity contribution is 0.264. The molecular formula is C12H21N3O2. The van der Waals surface area contributed by atoms with Gasteiger partial charge in [-0.05, 0) is 34.1 Å². The van der Waals surface area contributed by atoms with Crippen LogP contribution in [0.15, 0.2) is 4.79 Å². The maximum atomic E-state index is 11.9. The molecule has 96 valence electrons. The molecule has 1 heterocycles. The Morgan fingerprint density at radius 1 is 1.41 bits per heavy atom. The molecule has 0 saturated carbocycles. The molecular weight excluding hydrogens is 218 g/mol.